The summed E-state index contributed by atoms with van der Waals surface area (Å²) in [7, 11) is 0. The van der Waals surface area contributed by atoms with Gasteiger partial charge < -0.3 is 0 Å². The van der Waals surface area contributed by atoms with Crippen LogP contribution in [0.25, 0.3) is 23.0 Å². The highest BCUT2D eigenvalue weighted by atomic mass is 15.5. The first-order chi connectivity index (χ1) is 13.3. The van der Waals surface area contributed by atoms with Crippen molar-refractivity contribution in [1.29, 1.82) is 0 Å². The van der Waals surface area contributed by atoms with Gasteiger partial charge in [-0.15, -0.1) is 10.2 Å². The molecule has 4 heteroatoms. The molecule has 0 atom stereocenters. The highest BCUT2D eigenvalue weighted by Gasteiger charge is 2.36. The molecule has 1 heterocycles. The number of rotatable bonds is 3. The molecule has 4 rings (SSSR count). The molecule has 3 aromatic rings. The van der Waals surface area contributed by atoms with Gasteiger partial charge >= 0.3 is 0 Å². The molecule has 1 aliphatic rings. The monoisotopic (exact) mass is 372 g/mol. The fourth-order valence-corrected chi connectivity index (χ4v) is 4.20. The van der Waals surface area contributed by atoms with E-state index in [0.29, 0.717) is 5.82 Å². The van der Waals surface area contributed by atoms with Gasteiger partial charge in [0.1, 0.15) is 0 Å². The molecule has 4 nitrogen and oxygen atoms in total. The van der Waals surface area contributed by atoms with Gasteiger partial charge in [-0.25, -0.2) is 0 Å². The Kier molecular flexibility index (Phi) is 4.45. The largest absolute Gasteiger partial charge is 0.204 e. The van der Waals surface area contributed by atoms with E-state index in [1.807, 2.05) is 12.1 Å². The Morgan fingerprint density at radius 2 is 1.61 bits per heavy atom. The summed E-state index contributed by atoms with van der Waals surface area (Å²) in [4.78, 5) is 0. The molecular formula is C24H28N4. The number of nitrogens with zero attached hydrogens (tertiary/aromatic N) is 3. The van der Waals surface area contributed by atoms with E-state index in [9.17, 15) is 0 Å². The first-order valence-corrected chi connectivity index (χ1v) is 9.94. The van der Waals surface area contributed by atoms with E-state index in [4.69, 9.17) is 0 Å². The Balaban J connectivity index is 1.65. The van der Waals surface area contributed by atoms with Crippen molar-refractivity contribution in [3.05, 3.63) is 64.7 Å². The topological polar surface area (TPSA) is 54.5 Å². The number of nitrogens with one attached hydrogen (secondary N) is 1. The van der Waals surface area contributed by atoms with Crippen molar-refractivity contribution in [1.82, 2.24) is 20.6 Å². The van der Waals surface area contributed by atoms with Crippen molar-refractivity contribution in [2.24, 2.45) is 0 Å². The molecule has 0 amide bonds. The molecular weight excluding hydrogens is 344 g/mol. The number of hydrogen-bond acceptors (Lipinski definition) is 3. The van der Waals surface area contributed by atoms with Crippen LogP contribution in [-0.2, 0) is 10.8 Å². The molecule has 0 saturated carbocycles. The number of allylic oxidation sites excluding steroid dienone is 1. The van der Waals surface area contributed by atoms with Crippen molar-refractivity contribution in [3.8, 4) is 11.4 Å². The number of aromatic nitrogens is 4. The lowest BCUT2D eigenvalue weighted by molar-refractivity contribution is 0.332. The summed E-state index contributed by atoms with van der Waals surface area (Å²) in [5, 5.41) is 14.2. The van der Waals surface area contributed by atoms with Gasteiger partial charge in [0.2, 0.25) is 5.82 Å². The first-order valence-electron chi connectivity index (χ1n) is 9.94. The Bertz CT molecular complexity index is 1010. The summed E-state index contributed by atoms with van der Waals surface area (Å²) in [6, 6.07) is 15.3. The van der Waals surface area contributed by atoms with Crippen LogP contribution in [-0.4, -0.2) is 20.6 Å². The van der Waals surface area contributed by atoms with Crippen LogP contribution in [0.3, 0.4) is 0 Å². The number of hydrogen-bond donors (Lipinski definition) is 1. The molecule has 0 radical (unpaired) electrons. The Morgan fingerprint density at radius 1 is 0.929 bits per heavy atom. The van der Waals surface area contributed by atoms with E-state index in [1.165, 1.54) is 40.7 Å². The second-order valence-electron chi connectivity index (χ2n) is 9.21. The fraction of sp³-hybridized carbons (Fsp3) is 0.375. The van der Waals surface area contributed by atoms with Crippen LogP contribution in [0.1, 0.15) is 69.7 Å². The molecule has 2 aromatic carbocycles. The van der Waals surface area contributed by atoms with Crippen LogP contribution in [0, 0.1) is 0 Å². The van der Waals surface area contributed by atoms with E-state index < -0.39 is 0 Å². The standard InChI is InChI=1S/C24H28N4/c1-16(18-7-9-19(10-8-18)22-25-27-28-26-22)14-17-6-11-20-21(15-17)24(4,5)13-12-23(20,2)3/h6-11,14-15H,12-13H2,1-5H3,(H,25,26,27,28)/b16-14+. The van der Waals surface area contributed by atoms with Gasteiger partial charge in [0, 0.05) is 5.56 Å². The Labute approximate surface area is 167 Å². The van der Waals surface area contributed by atoms with Crippen molar-refractivity contribution in [3.63, 3.8) is 0 Å². The van der Waals surface area contributed by atoms with Crippen LogP contribution in [0.5, 0.6) is 0 Å². The van der Waals surface area contributed by atoms with E-state index in [2.05, 4.69) is 91.7 Å². The molecule has 0 spiro atoms. The third kappa shape index (κ3) is 3.39. The smallest absolute Gasteiger partial charge is 0.177 e. The average molecular weight is 373 g/mol. The van der Waals surface area contributed by atoms with Crippen LogP contribution in [0.2, 0.25) is 0 Å². The zero-order chi connectivity index (χ0) is 19.9. The molecule has 28 heavy (non-hydrogen) atoms. The summed E-state index contributed by atoms with van der Waals surface area (Å²) in [6.07, 6.45) is 4.76. The van der Waals surface area contributed by atoms with Gasteiger partial charge in [-0.05, 0) is 63.6 Å². The van der Waals surface area contributed by atoms with Crippen LogP contribution < -0.4 is 0 Å². The lowest BCUT2D eigenvalue weighted by atomic mass is 9.63. The quantitative estimate of drug-likeness (QED) is 0.593. The maximum absolute atomic E-state index is 4.03. The Morgan fingerprint density at radius 3 is 2.25 bits per heavy atom. The molecule has 144 valence electrons. The molecule has 0 unspecified atom stereocenters. The lowest BCUT2D eigenvalue weighted by Gasteiger charge is -2.42. The minimum atomic E-state index is 0.231. The van der Waals surface area contributed by atoms with Crippen molar-refractivity contribution >= 4 is 11.6 Å². The summed E-state index contributed by atoms with van der Waals surface area (Å²) in [5.74, 6) is 0.618. The van der Waals surface area contributed by atoms with E-state index >= 15 is 0 Å². The van der Waals surface area contributed by atoms with Crippen molar-refractivity contribution < 1.29 is 0 Å². The van der Waals surface area contributed by atoms with Crippen LogP contribution in [0.15, 0.2) is 42.5 Å². The number of benzene rings is 2. The zero-order valence-electron chi connectivity index (χ0n) is 17.4. The average Bonchev–Trinajstić information content (AvgIpc) is 3.20. The highest BCUT2D eigenvalue weighted by Crippen LogP contribution is 2.46. The number of fused-ring (bicyclic) bond motifs is 1. The molecule has 1 aromatic heterocycles. The summed E-state index contributed by atoms with van der Waals surface area (Å²) < 4.78 is 0. The fourth-order valence-electron chi connectivity index (χ4n) is 4.20. The van der Waals surface area contributed by atoms with Gasteiger partial charge in [-0.1, -0.05) is 76.2 Å². The molecule has 0 fully saturated rings. The first kappa shape index (κ1) is 18.6. The number of H-pyrrole nitrogens is 1. The molecule has 1 aliphatic carbocycles. The van der Waals surface area contributed by atoms with Crippen molar-refractivity contribution in [2.75, 3.05) is 0 Å². The van der Waals surface area contributed by atoms with Crippen LogP contribution in [0.4, 0.5) is 0 Å². The summed E-state index contributed by atoms with van der Waals surface area (Å²) in [5.41, 5.74) is 8.16. The van der Waals surface area contributed by atoms with Crippen LogP contribution >= 0.6 is 0 Å². The minimum absolute atomic E-state index is 0.231. The third-order valence-corrected chi connectivity index (χ3v) is 6.20. The van der Waals surface area contributed by atoms with Gasteiger partial charge in [-0.2, -0.15) is 5.21 Å². The maximum atomic E-state index is 4.03. The Hall–Kier alpha value is -2.75. The normalized spacial score (nSPS) is 18.0. The van der Waals surface area contributed by atoms with Gasteiger partial charge in [-0.3, -0.25) is 0 Å². The third-order valence-electron chi connectivity index (χ3n) is 6.20. The molecule has 0 aliphatic heterocycles. The SMILES string of the molecule is C/C(=C\c1ccc2c(c1)C(C)(C)CCC2(C)C)c1ccc(-c2nn[nH]n2)cc1. The summed E-state index contributed by atoms with van der Waals surface area (Å²) in [6.45, 7) is 11.6. The summed E-state index contributed by atoms with van der Waals surface area (Å²) >= 11 is 0. The molecule has 0 bridgehead atoms. The predicted molar refractivity (Wildman–Crippen MR) is 115 cm³/mol. The minimum Gasteiger partial charge on any atom is -0.177 e. The maximum Gasteiger partial charge on any atom is 0.204 e. The molecule has 1 N–H and O–H groups in total. The highest BCUT2D eigenvalue weighted by molar-refractivity contribution is 5.81. The van der Waals surface area contributed by atoms with Gasteiger partial charge in [0.25, 0.3) is 0 Å². The predicted octanol–water partition coefficient (Wildman–Crippen LogP) is 5.78. The lowest BCUT2D eigenvalue weighted by Crippen LogP contribution is -2.33. The second kappa shape index (κ2) is 6.69. The van der Waals surface area contributed by atoms with E-state index in [0.717, 1.165) is 5.56 Å². The van der Waals surface area contributed by atoms with E-state index in [-0.39, 0.29) is 10.8 Å². The number of aromatic amines is 1. The zero-order valence-corrected chi connectivity index (χ0v) is 17.4. The molecule has 0 saturated heterocycles. The van der Waals surface area contributed by atoms with Crippen molar-refractivity contribution in [2.45, 2.75) is 58.3 Å². The number of tetrazole rings is 1. The van der Waals surface area contributed by atoms with E-state index in [1.54, 1.807) is 0 Å². The van der Waals surface area contributed by atoms with Gasteiger partial charge in [0.15, 0.2) is 0 Å². The second-order valence-corrected chi connectivity index (χ2v) is 9.21. The van der Waals surface area contributed by atoms with Gasteiger partial charge in [0.05, 0.1) is 0 Å².